The number of likely N-dealkylation sites (tertiary alicyclic amines) is 1. The maximum atomic E-state index is 12.7. The number of imide groups is 1. The molecule has 0 bridgehead atoms. The lowest BCUT2D eigenvalue weighted by Crippen LogP contribution is -2.38. The van der Waals surface area contributed by atoms with E-state index in [9.17, 15) is 19.2 Å². The van der Waals surface area contributed by atoms with Gasteiger partial charge in [-0.05, 0) is 50.9 Å². The van der Waals surface area contributed by atoms with Gasteiger partial charge in [-0.1, -0.05) is 31.6 Å². The molecule has 1 heterocycles. The quantitative estimate of drug-likeness (QED) is 0.204. The van der Waals surface area contributed by atoms with Crippen molar-refractivity contribution in [2.75, 3.05) is 13.3 Å². The lowest BCUT2D eigenvalue weighted by Gasteiger charge is -2.30. The third-order valence-corrected chi connectivity index (χ3v) is 8.01. The van der Waals surface area contributed by atoms with Gasteiger partial charge in [-0.3, -0.25) is 24.1 Å². The first-order valence-corrected chi connectivity index (χ1v) is 12.2. The molecule has 2 rings (SSSR count). The molecule has 1 saturated heterocycles. The van der Waals surface area contributed by atoms with Crippen LogP contribution in [0.15, 0.2) is 0 Å². The van der Waals surface area contributed by atoms with Crippen molar-refractivity contribution < 1.29 is 28.7 Å². The Balaban J connectivity index is 1.76. The van der Waals surface area contributed by atoms with Crippen LogP contribution < -0.4 is 0 Å². The molecule has 1 atom stereocenters. The van der Waals surface area contributed by atoms with E-state index in [2.05, 4.69) is 11.7 Å². The van der Waals surface area contributed by atoms with Gasteiger partial charge in [0, 0.05) is 13.0 Å². The molecular weight excluding hydrogens is 426 g/mol. The van der Waals surface area contributed by atoms with Crippen LogP contribution in [-0.2, 0) is 28.7 Å². The molecule has 0 aromatic rings. The summed E-state index contributed by atoms with van der Waals surface area (Å²) in [5.74, 6) is -1.34. The highest BCUT2D eigenvalue weighted by molar-refractivity contribution is 8.69. The Kier molecular flexibility index (Phi) is 8.29. The molecule has 0 aromatic carbocycles. The number of hydrogen-bond donors (Lipinski definition) is 1. The van der Waals surface area contributed by atoms with Crippen molar-refractivity contribution in [3.05, 3.63) is 0 Å². The SMILES string of the molecule is CC(C)(SS)C(=O)OCOC(=O)C1CCC(CN2C(=O)CC(C(C)(C)C)C2=O)CC1. The van der Waals surface area contributed by atoms with Crippen molar-refractivity contribution in [2.45, 2.75) is 71.5 Å². The van der Waals surface area contributed by atoms with E-state index in [0.29, 0.717) is 19.4 Å². The van der Waals surface area contributed by atoms with Crippen molar-refractivity contribution in [1.29, 1.82) is 0 Å². The summed E-state index contributed by atoms with van der Waals surface area (Å²) >= 11 is 4.03. The van der Waals surface area contributed by atoms with Crippen LogP contribution >= 0.6 is 22.5 Å². The van der Waals surface area contributed by atoms with Gasteiger partial charge in [-0.2, -0.15) is 0 Å². The highest BCUT2D eigenvalue weighted by atomic mass is 33.1. The Morgan fingerprint density at radius 1 is 1.07 bits per heavy atom. The molecule has 9 heteroatoms. The number of rotatable bonds is 7. The zero-order valence-corrected chi connectivity index (χ0v) is 20.1. The van der Waals surface area contributed by atoms with Crippen LogP contribution in [0.4, 0.5) is 0 Å². The zero-order chi connectivity index (χ0) is 22.7. The molecule has 0 spiro atoms. The van der Waals surface area contributed by atoms with Gasteiger partial charge >= 0.3 is 11.9 Å². The molecular formula is C21H33NO6S2. The summed E-state index contributed by atoms with van der Waals surface area (Å²) in [5, 5.41) is 0. The molecule has 7 nitrogen and oxygen atoms in total. The molecule has 1 aliphatic heterocycles. The van der Waals surface area contributed by atoms with Crippen molar-refractivity contribution >= 4 is 46.2 Å². The van der Waals surface area contributed by atoms with Crippen molar-refractivity contribution in [2.24, 2.45) is 23.2 Å². The van der Waals surface area contributed by atoms with Crippen LogP contribution in [0, 0.1) is 23.2 Å². The molecule has 170 valence electrons. The third kappa shape index (κ3) is 6.15. The van der Waals surface area contributed by atoms with Crippen LogP contribution in [0.3, 0.4) is 0 Å². The second kappa shape index (κ2) is 9.94. The Morgan fingerprint density at radius 2 is 1.67 bits per heavy atom. The van der Waals surface area contributed by atoms with Crippen molar-refractivity contribution in [3.63, 3.8) is 0 Å². The fraction of sp³-hybridized carbons (Fsp3) is 0.810. The summed E-state index contributed by atoms with van der Waals surface area (Å²) in [6, 6.07) is 0. The first kappa shape index (κ1) is 25.0. The summed E-state index contributed by atoms with van der Waals surface area (Å²) in [4.78, 5) is 50.5. The van der Waals surface area contributed by atoms with Gasteiger partial charge in [0.15, 0.2) is 0 Å². The van der Waals surface area contributed by atoms with Crippen LogP contribution in [0.5, 0.6) is 0 Å². The second-order valence-corrected chi connectivity index (χ2v) is 11.5. The fourth-order valence-electron chi connectivity index (χ4n) is 3.86. The number of nitrogens with zero attached hydrogens (tertiary/aromatic N) is 1. The second-order valence-electron chi connectivity index (χ2n) is 9.80. The maximum absolute atomic E-state index is 12.7. The van der Waals surface area contributed by atoms with Gasteiger partial charge in [0.25, 0.3) is 0 Å². The first-order chi connectivity index (χ1) is 13.9. The smallest absolute Gasteiger partial charge is 0.325 e. The average molecular weight is 460 g/mol. The molecule has 1 aliphatic carbocycles. The minimum absolute atomic E-state index is 0.0712. The molecule has 2 amide bonds. The van der Waals surface area contributed by atoms with E-state index >= 15 is 0 Å². The molecule has 1 unspecified atom stereocenters. The number of hydrogen-bond acceptors (Lipinski definition) is 8. The van der Waals surface area contributed by atoms with Gasteiger partial charge in [0.1, 0.15) is 4.75 Å². The molecule has 2 fully saturated rings. The van der Waals surface area contributed by atoms with Crippen molar-refractivity contribution in [3.8, 4) is 0 Å². The molecule has 0 radical (unpaired) electrons. The molecule has 0 N–H and O–H groups in total. The summed E-state index contributed by atoms with van der Waals surface area (Å²) in [6.07, 6.45) is 3.05. The average Bonchev–Trinajstić information content (AvgIpc) is 2.96. The molecule has 1 saturated carbocycles. The minimum atomic E-state index is -0.815. The number of ether oxygens (including phenoxy) is 2. The van der Waals surface area contributed by atoms with Gasteiger partial charge in [-0.15, -0.1) is 11.7 Å². The van der Waals surface area contributed by atoms with Gasteiger partial charge in [-0.25, -0.2) is 0 Å². The van der Waals surface area contributed by atoms with E-state index in [1.54, 1.807) is 13.8 Å². The summed E-state index contributed by atoms with van der Waals surface area (Å²) in [5.41, 5.74) is -0.229. The normalized spacial score (nSPS) is 25.4. The van der Waals surface area contributed by atoms with E-state index in [1.807, 2.05) is 20.8 Å². The van der Waals surface area contributed by atoms with E-state index < -0.39 is 17.5 Å². The van der Waals surface area contributed by atoms with E-state index in [4.69, 9.17) is 9.47 Å². The number of amides is 2. The van der Waals surface area contributed by atoms with E-state index in [-0.39, 0.29) is 47.4 Å². The summed E-state index contributed by atoms with van der Waals surface area (Å²) in [6.45, 7) is 9.34. The van der Waals surface area contributed by atoms with Gasteiger partial charge < -0.3 is 9.47 Å². The standard InChI is InChI=1S/C21H33NO6S2/c1-20(2,3)15-10-16(23)22(17(15)24)11-13-6-8-14(9-7-13)18(25)27-12-28-19(26)21(4,5)30-29/h13-15,29H,6-12H2,1-5H3. The number of carbonyl (C=O) groups excluding carboxylic acids is 4. The lowest BCUT2D eigenvalue weighted by molar-refractivity contribution is -0.172. The minimum Gasteiger partial charge on any atom is -0.428 e. The monoisotopic (exact) mass is 459 g/mol. The molecule has 30 heavy (non-hydrogen) atoms. The fourth-order valence-corrected chi connectivity index (χ4v) is 4.22. The largest absolute Gasteiger partial charge is 0.428 e. The van der Waals surface area contributed by atoms with Crippen LogP contribution in [0.2, 0.25) is 0 Å². The summed E-state index contributed by atoms with van der Waals surface area (Å²) < 4.78 is 9.29. The highest BCUT2D eigenvalue weighted by Gasteiger charge is 2.45. The van der Waals surface area contributed by atoms with Crippen LogP contribution in [0.25, 0.3) is 0 Å². The zero-order valence-electron chi connectivity index (χ0n) is 18.4. The Morgan fingerprint density at radius 3 is 2.17 bits per heavy atom. The topological polar surface area (TPSA) is 90.0 Å². The van der Waals surface area contributed by atoms with Crippen LogP contribution in [0.1, 0.15) is 66.7 Å². The first-order valence-electron chi connectivity index (χ1n) is 10.4. The van der Waals surface area contributed by atoms with Gasteiger partial charge in [0.2, 0.25) is 18.6 Å². The Hall–Kier alpha value is -1.22. The Labute approximate surface area is 187 Å². The third-order valence-electron chi connectivity index (χ3n) is 6.02. The predicted octanol–water partition coefficient (Wildman–Crippen LogP) is 3.61. The number of carbonyl (C=O) groups is 4. The van der Waals surface area contributed by atoms with E-state index in [1.165, 1.54) is 4.90 Å². The number of esters is 2. The maximum Gasteiger partial charge on any atom is 0.325 e. The highest BCUT2D eigenvalue weighted by Crippen LogP contribution is 2.37. The van der Waals surface area contributed by atoms with E-state index in [0.717, 1.165) is 23.6 Å². The molecule has 2 aliphatic rings. The predicted molar refractivity (Wildman–Crippen MR) is 117 cm³/mol. The summed E-state index contributed by atoms with van der Waals surface area (Å²) in [7, 11) is 1.06. The van der Waals surface area contributed by atoms with Crippen molar-refractivity contribution in [1.82, 2.24) is 4.90 Å². The number of thiol groups is 1. The lowest BCUT2D eigenvalue weighted by atomic mass is 9.79. The van der Waals surface area contributed by atoms with Crippen LogP contribution in [-0.4, -0.2) is 46.7 Å². The Bertz CT molecular complexity index is 679. The molecule has 0 aromatic heterocycles. The van der Waals surface area contributed by atoms with Gasteiger partial charge in [0.05, 0.1) is 11.8 Å².